The Bertz CT molecular complexity index is 399. The third-order valence-electron chi connectivity index (χ3n) is 1.30. The Hall–Kier alpha value is -0.980. The van der Waals surface area contributed by atoms with Crippen LogP contribution in [-0.2, 0) is 0 Å². The lowest BCUT2D eigenvalue weighted by Crippen LogP contribution is -2.20. The van der Waals surface area contributed by atoms with Gasteiger partial charge in [0.05, 0.1) is 0 Å². The molecule has 0 amide bonds. The minimum Gasteiger partial charge on any atom is -0.404 e. The summed E-state index contributed by atoms with van der Waals surface area (Å²) in [5, 5.41) is 0. The van der Waals surface area contributed by atoms with Crippen molar-refractivity contribution in [2.24, 2.45) is 0 Å². The van der Waals surface area contributed by atoms with E-state index in [1.54, 1.807) is 0 Å². The van der Waals surface area contributed by atoms with E-state index in [-0.39, 0.29) is 10.2 Å². The van der Waals surface area contributed by atoms with Crippen molar-refractivity contribution < 1.29 is 17.9 Å². The molecule has 0 aliphatic heterocycles. The zero-order chi connectivity index (χ0) is 10.9. The van der Waals surface area contributed by atoms with E-state index >= 15 is 0 Å². The van der Waals surface area contributed by atoms with Gasteiger partial charge in [-0.3, -0.25) is 4.79 Å². The van der Waals surface area contributed by atoms with Gasteiger partial charge in [-0.2, -0.15) is 0 Å². The molecule has 0 bridgehead atoms. The number of alkyl halides is 3. The maximum Gasteiger partial charge on any atom is 0.573 e. The molecule has 0 aliphatic rings. The summed E-state index contributed by atoms with van der Waals surface area (Å²) in [4.78, 5) is 13.3. The highest BCUT2D eigenvalue weighted by atomic mass is 79.9. The minimum atomic E-state index is -4.80. The van der Waals surface area contributed by atoms with E-state index in [2.05, 4.69) is 25.7 Å². The monoisotopic (exact) mass is 271 g/mol. The molecule has 0 radical (unpaired) electrons. The molecule has 0 fully saturated rings. The van der Waals surface area contributed by atoms with Crippen molar-refractivity contribution in [1.82, 2.24) is 4.98 Å². The third-order valence-corrected chi connectivity index (χ3v) is 2.05. The van der Waals surface area contributed by atoms with E-state index in [0.717, 1.165) is 6.07 Å². The second-order valence-electron chi connectivity index (χ2n) is 2.51. The van der Waals surface area contributed by atoms with Gasteiger partial charge in [0.2, 0.25) is 0 Å². The van der Waals surface area contributed by atoms with Crippen LogP contribution in [0.4, 0.5) is 13.2 Å². The second kappa shape index (κ2) is 3.64. The predicted molar refractivity (Wildman–Crippen MR) is 46.2 cm³/mol. The molecule has 1 rings (SSSR count). The van der Waals surface area contributed by atoms with E-state index in [1.165, 1.54) is 6.92 Å². The van der Waals surface area contributed by atoms with Crippen molar-refractivity contribution in [3.63, 3.8) is 0 Å². The van der Waals surface area contributed by atoms with Crippen molar-refractivity contribution in [2.75, 3.05) is 0 Å². The standard InChI is InChI=1S/C7H5BrF3NO2/c1-3-2-4(14-7(9,10)11)5(8)6(13)12-3/h2H,1H3,(H,12,13). The molecule has 1 aromatic rings. The van der Waals surface area contributed by atoms with Crippen LogP contribution in [0.15, 0.2) is 15.3 Å². The number of aryl methyl sites for hydroxylation is 1. The Labute approximate surface area is 85.0 Å². The van der Waals surface area contributed by atoms with Crippen LogP contribution in [-0.4, -0.2) is 11.3 Å². The Morgan fingerprint density at radius 3 is 2.57 bits per heavy atom. The highest BCUT2D eigenvalue weighted by molar-refractivity contribution is 9.10. The number of aromatic amines is 1. The zero-order valence-corrected chi connectivity index (χ0v) is 8.49. The molecule has 0 unspecified atom stereocenters. The maximum atomic E-state index is 11.8. The van der Waals surface area contributed by atoms with Gasteiger partial charge < -0.3 is 9.72 Å². The van der Waals surface area contributed by atoms with E-state index in [4.69, 9.17) is 0 Å². The highest BCUT2D eigenvalue weighted by Crippen LogP contribution is 2.27. The van der Waals surface area contributed by atoms with Gasteiger partial charge in [-0.15, -0.1) is 13.2 Å². The number of hydrogen-bond acceptors (Lipinski definition) is 2. The van der Waals surface area contributed by atoms with Crippen LogP contribution in [0, 0.1) is 6.92 Å². The summed E-state index contributed by atoms with van der Waals surface area (Å²) in [7, 11) is 0. The Morgan fingerprint density at radius 2 is 2.07 bits per heavy atom. The van der Waals surface area contributed by atoms with E-state index in [9.17, 15) is 18.0 Å². The van der Waals surface area contributed by atoms with E-state index in [1.807, 2.05) is 0 Å². The van der Waals surface area contributed by atoms with Gasteiger partial charge in [-0.1, -0.05) is 0 Å². The van der Waals surface area contributed by atoms with Gasteiger partial charge in [0.15, 0.2) is 5.75 Å². The van der Waals surface area contributed by atoms with Gasteiger partial charge in [0.25, 0.3) is 5.56 Å². The second-order valence-corrected chi connectivity index (χ2v) is 3.30. The van der Waals surface area contributed by atoms with E-state index in [0.29, 0.717) is 0 Å². The van der Waals surface area contributed by atoms with Crippen LogP contribution >= 0.6 is 15.9 Å². The Morgan fingerprint density at radius 1 is 1.50 bits per heavy atom. The predicted octanol–water partition coefficient (Wildman–Crippen LogP) is 2.34. The number of H-pyrrole nitrogens is 1. The fraction of sp³-hybridized carbons (Fsp3) is 0.286. The van der Waals surface area contributed by atoms with Crippen molar-refractivity contribution in [3.8, 4) is 5.75 Å². The molecule has 78 valence electrons. The molecule has 0 aliphatic carbocycles. The van der Waals surface area contributed by atoms with Crippen LogP contribution in [0.1, 0.15) is 5.69 Å². The quantitative estimate of drug-likeness (QED) is 0.852. The van der Waals surface area contributed by atoms with Crippen LogP contribution in [0.2, 0.25) is 0 Å². The molecular weight excluding hydrogens is 267 g/mol. The molecule has 0 saturated heterocycles. The number of rotatable bonds is 1. The molecular formula is C7H5BrF3NO2. The number of hydrogen-bond donors (Lipinski definition) is 1. The first kappa shape index (κ1) is 11.1. The minimum absolute atomic E-state index is 0.277. The molecule has 1 heterocycles. The smallest absolute Gasteiger partial charge is 0.404 e. The van der Waals surface area contributed by atoms with Crippen molar-refractivity contribution in [2.45, 2.75) is 13.3 Å². The lowest BCUT2D eigenvalue weighted by atomic mass is 10.3. The normalized spacial score (nSPS) is 11.5. The summed E-state index contributed by atoms with van der Waals surface area (Å²) < 4.78 is 38.8. The molecule has 0 spiro atoms. The third kappa shape index (κ3) is 2.76. The lowest BCUT2D eigenvalue weighted by molar-refractivity contribution is -0.275. The van der Waals surface area contributed by atoms with Gasteiger partial charge in [-0.05, 0) is 22.9 Å². The Balaban J connectivity index is 3.15. The van der Waals surface area contributed by atoms with Crippen LogP contribution < -0.4 is 10.3 Å². The van der Waals surface area contributed by atoms with Gasteiger partial charge in [0.1, 0.15) is 4.47 Å². The summed E-state index contributed by atoms with van der Waals surface area (Å²) >= 11 is 2.70. The SMILES string of the molecule is Cc1cc(OC(F)(F)F)c(Br)c(=O)[nH]1. The summed E-state index contributed by atoms with van der Waals surface area (Å²) in [5.41, 5.74) is -0.373. The summed E-state index contributed by atoms with van der Waals surface area (Å²) in [6.07, 6.45) is -4.80. The van der Waals surface area contributed by atoms with Gasteiger partial charge >= 0.3 is 6.36 Å². The number of nitrogens with one attached hydrogen (secondary N) is 1. The first-order valence-electron chi connectivity index (χ1n) is 3.45. The van der Waals surface area contributed by atoms with Crippen molar-refractivity contribution >= 4 is 15.9 Å². The van der Waals surface area contributed by atoms with E-state index < -0.39 is 17.7 Å². The summed E-state index contributed by atoms with van der Waals surface area (Å²) in [5.74, 6) is -0.543. The average molecular weight is 272 g/mol. The summed E-state index contributed by atoms with van der Waals surface area (Å²) in [6.45, 7) is 1.46. The fourth-order valence-electron chi connectivity index (χ4n) is 0.841. The van der Waals surface area contributed by atoms with Crippen LogP contribution in [0.25, 0.3) is 0 Å². The number of halogens is 4. The molecule has 3 nitrogen and oxygen atoms in total. The highest BCUT2D eigenvalue weighted by Gasteiger charge is 2.32. The summed E-state index contributed by atoms with van der Waals surface area (Å²) in [6, 6.07) is 1.08. The number of ether oxygens (including phenoxy) is 1. The average Bonchev–Trinajstić information content (AvgIpc) is 1.96. The van der Waals surface area contributed by atoms with Crippen molar-refractivity contribution in [1.29, 1.82) is 0 Å². The molecule has 1 aromatic heterocycles. The van der Waals surface area contributed by atoms with Crippen LogP contribution in [0.5, 0.6) is 5.75 Å². The molecule has 7 heteroatoms. The van der Waals surface area contributed by atoms with Crippen LogP contribution in [0.3, 0.4) is 0 Å². The first-order valence-corrected chi connectivity index (χ1v) is 4.24. The fourth-order valence-corrected chi connectivity index (χ4v) is 1.14. The number of pyridine rings is 1. The lowest BCUT2D eigenvalue weighted by Gasteiger charge is -2.10. The molecule has 14 heavy (non-hydrogen) atoms. The maximum absolute atomic E-state index is 11.8. The zero-order valence-electron chi connectivity index (χ0n) is 6.91. The molecule has 0 atom stereocenters. The molecule has 0 aromatic carbocycles. The van der Waals surface area contributed by atoms with Crippen molar-refractivity contribution in [3.05, 3.63) is 26.6 Å². The van der Waals surface area contributed by atoms with Gasteiger partial charge in [0, 0.05) is 11.8 Å². The topological polar surface area (TPSA) is 42.1 Å². The van der Waals surface area contributed by atoms with Gasteiger partial charge in [-0.25, -0.2) is 0 Å². The first-order chi connectivity index (χ1) is 6.29. The number of aromatic nitrogens is 1. The Kier molecular flexibility index (Phi) is 2.89. The molecule has 1 N–H and O–H groups in total. The largest absolute Gasteiger partial charge is 0.573 e. The molecule has 0 saturated carbocycles.